The molecule has 1 atom stereocenters. The van der Waals surface area contributed by atoms with Gasteiger partial charge in [0.25, 0.3) is 5.91 Å². The summed E-state index contributed by atoms with van der Waals surface area (Å²) < 4.78 is 12.8. The Morgan fingerprint density at radius 2 is 1.93 bits per heavy atom. The first-order valence-electron chi connectivity index (χ1n) is 9.73. The summed E-state index contributed by atoms with van der Waals surface area (Å²) in [4.78, 5) is 22.0. The van der Waals surface area contributed by atoms with E-state index < -0.39 is 6.10 Å². The van der Waals surface area contributed by atoms with Crippen LogP contribution in [0.1, 0.15) is 12.0 Å². The number of aromatic nitrogens is 1. The Morgan fingerprint density at radius 3 is 2.70 bits per heavy atom. The van der Waals surface area contributed by atoms with Gasteiger partial charge in [-0.15, -0.1) is 12.4 Å². The quantitative estimate of drug-likeness (QED) is 0.568. The second-order valence-electron chi connectivity index (χ2n) is 7.48. The Labute approximate surface area is 186 Å². The summed E-state index contributed by atoms with van der Waals surface area (Å²) in [5.41, 5.74) is 2.09. The maximum atomic E-state index is 13.4. The maximum absolute atomic E-state index is 13.4. The summed E-state index contributed by atoms with van der Waals surface area (Å²) in [6.07, 6.45) is 0.163. The highest BCUT2D eigenvalue weighted by molar-refractivity contribution is 7.22. The average Bonchev–Trinajstić information content (AvgIpc) is 3.13. The molecule has 1 amide bonds. The van der Waals surface area contributed by atoms with Gasteiger partial charge in [-0.3, -0.25) is 9.69 Å². The van der Waals surface area contributed by atoms with Crippen LogP contribution in [-0.2, 0) is 4.79 Å². The van der Waals surface area contributed by atoms with Crippen molar-refractivity contribution in [1.29, 1.82) is 0 Å². The molecular weight excluding hydrogens is 422 g/mol. The van der Waals surface area contributed by atoms with E-state index in [9.17, 15) is 4.79 Å². The van der Waals surface area contributed by atoms with Gasteiger partial charge in [0.1, 0.15) is 6.61 Å². The highest BCUT2D eigenvalue weighted by atomic mass is 35.5. The van der Waals surface area contributed by atoms with Crippen LogP contribution in [-0.4, -0.2) is 55.7 Å². The van der Waals surface area contributed by atoms with Crippen molar-refractivity contribution in [2.45, 2.75) is 19.4 Å². The number of anilines is 1. The molecule has 2 aromatic carbocycles. The van der Waals surface area contributed by atoms with E-state index in [4.69, 9.17) is 14.5 Å². The number of para-hydroxylation sites is 2. The smallest absolute Gasteiger partial charge is 0.273 e. The van der Waals surface area contributed by atoms with Gasteiger partial charge < -0.3 is 14.4 Å². The van der Waals surface area contributed by atoms with Gasteiger partial charge >= 0.3 is 0 Å². The molecular formula is C22H26ClN3O3S. The lowest BCUT2D eigenvalue weighted by molar-refractivity contribution is -0.127. The lowest BCUT2D eigenvalue weighted by Gasteiger charge is -2.29. The van der Waals surface area contributed by atoms with Crippen LogP contribution in [0.3, 0.4) is 0 Å². The fraction of sp³-hybridized carbons (Fsp3) is 0.364. The van der Waals surface area contributed by atoms with E-state index in [1.165, 1.54) is 5.56 Å². The molecule has 1 aliphatic heterocycles. The number of rotatable bonds is 6. The van der Waals surface area contributed by atoms with Gasteiger partial charge in [-0.2, -0.15) is 0 Å². The van der Waals surface area contributed by atoms with Crippen molar-refractivity contribution in [2.24, 2.45) is 0 Å². The van der Waals surface area contributed by atoms with Gasteiger partial charge in [0, 0.05) is 6.54 Å². The highest BCUT2D eigenvalue weighted by Crippen LogP contribution is 2.33. The van der Waals surface area contributed by atoms with Crippen LogP contribution >= 0.6 is 23.7 Å². The number of fused-ring (bicyclic) bond motifs is 2. The van der Waals surface area contributed by atoms with Crippen molar-refractivity contribution in [3.05, 3.63) is 48.0 Å². The molecule has 1 aliphatic rings. The van der Waals surface area contributed by atoms with Gasteiger partial charge in [0.2, 0.25) is 6.10 Å². The number of halogens is 1. The van der Waals surface area contributed by atoms with Crippen LogP contribution in [0, 0.1) is 6.92 Å². The molecule has 8 heteroatoms. The normalized spacial score (nSPS) is 15.1. The zero-order valence-electron chi connectivity index (χ0n) is 17.3. The molecule has 160 valence electrons. The number of carbonyl (C=O) groups excluding carboxylic acids is 1. The molecule has 1 unspecified atom stereocenters. The first-order valence-corrected chi connectivity index (χ1v) is 10.5. The van der Waals surface area contributed by atoms with E-state index in [0.717, 1.165) is 23.2 Å². The molecule has 3 aromatic rings. The van der Waals surface area contributed by atoms with Crippen molar-refractivity contribution in [2.75, 3.05) is 38.7 Å². The number of hydrogen-bond donors (Lipinski definition) is 0. The van der Waals surface area contributed by atoms with Crippen molar-refractivity contribution in [3.8, 4) is 11.5 Å². The predicted molar refractivity (Wildman–Crippen MR) is 123 cm³/mol. The van der Waals surface area contributed by atoms with Gasteiger partial charge in [0.05, 0.1) is 10.2 Å². The van der Waals surface area contributed by atoms with Crippen LogP contribution in [0.5, 0.6) is 11.5 Å². The summed E-state index contributed by atoms with van der Waals surface area (Å²) in [5.74, 6) is 1.16. The summed E-state index contributed by atoms with van der Waals surface area (Å²) in [6, 6.07) is 13.6. The molecule has 30 heavy (non-hydrogen) atoms. The average molecular weight is 448 g/mol. The van der Waals surface area contributed by atoms with Crippen LogP contribution in [0.4, 0.5) is 5.13 Å². The number of benzene rings is 2. The Bertz CT molecular complexity index is 1020. The number of aryl methyl sites for hydroxylation is 1. The fourth-order valence-electron chi connectivity index (χ4n) is 3.30. The predicted octanol–water partition coefficient (Wildman–Crippen LogP) is 4.15. The third-order valence-electron chi connectivity index (χ3n) is 4.80. The third-order valence-corrected chi connectivity index (χ3v) is 5.84. The molecule has 0 fully saturated rings. The molecule has 1 aromatic heterocycles. The Morgan fingerprint density at radius 1 is 1.17 bits per heavy atom. The Balaban J connectivity index is 0.00000256. The third kappa shape index (κ3) is 4.86. The summed E-state index contributed by atoms with van der Waals surface area (Å²) in [7, 11) is 4.06. The van der Waals surface area contributed by atoms with E-state index in [1.54, 1.807) is 16.2 Å². The lowest BCUT2D eigenvalue weighted by Crippen LogP contribution is -2.47. The SMILES string of the molecule is Cc1ccc2nc(N(CCCN(C)C)C(=O)C3COc4ccccc4O3)sc2c1.Cl. The standard InChI is InChI=1S/C22H25N3O3S.ClH/c1-15-9-10-16-20(13-15)29-22(23-16)25(12-6-11-24(2)3)21(26)19-14-27-17-7-4-5-8-18(17)28-19;/h4-5,7-10,13,19H,6,11-12,14H2,1-3H3;1H. The minimum atomic E-state index is -0.682. The van der Waals surface area contributed by atoms with E-state index in [0.29, 0.717) is 23.2 Å². The van der Waals surface area contributed by atoms with Gasteiger partial charge in [-0.1, -0.05) is 29.5 Å². The number of amides is 1. The second kappa shape index (κ2) is 9.64. The van der Waals surface area contributed by atoms with Crippen molar-refractivity contribution < 1.29 is 14.3 Å². The van der Waals surface area contributed by atoms with Crippen LogP contribution in [0.2, 0.25) is 0 Å². The molecule has 4 rings (SSSR count). The molecule has 0 saturated carbocycles. The highest BCUT2D eigenvalue weighted by Gasteiger charge is 2.33. The number of carbonyl (C=O) groups is 1. The topological polar surface area (TPSA) is 54.9 Å². The fourth-order valence-corrected chi connectivity index (χ4v) is 4.39. The molecule has 0 radical (unpaired) electrons. The van der Waals surface area contributed by atoms with Crippen molar-refractivity contribution in [3.63, 3.8) is 0 Å². The van der Waals surface area contributed by atoms with E-state index >= 15 is 0 Å². The summed E-state index contributed by atoms with van der Waals surface area (Å²) in [5, 5.41) is 0.705. The molecule has 0 aliphatic carbocycles. The second-order valence-corrected chi connectivity index (χ2v) is 8.49. The number of thiazole rings is 1. The van der Waals surface area contributed by atoms with Crippen LogP contribution in [0.25, 0.3) is 10.2 Å². The molecule has 0 spiro atoms. The van der Waals surface area contributed by atoms with Crippen molar-refractivity contribution in [1.82, 2.24) is 9.88 Å². The van der Waals surface area contributed by atoms with Crippen LogP contribution < -0.4 is 14.4 Å². The Kier molecular flexibility index (Phi) is 7.18. The molecule has 0 saturated heterocycles. The molecule has 0 bridgehead atoms. The van der Waals surface area contributed by atoms with E-state index in [-0.39, 0.29) is 24.9 Å². The summed E-state index contributed by atoms with van der Waals surface area (Å²) in [6.45, 7) is 3.73. The maximum Gasteiger partial charge on any atom is 0.273 e. The molecule has 2 heterocycles. The van der Waals surface area contributed by atoms with Gasteiger partial charge in [-0.05, 0) is 63.8 Å². The first kappa shape index (κ1) is 22.3. The Hall–Kier alpha value is -2.35. The molecule has 0 N–H and O–H groups in total. The largest absolute Gasteiger partial charge is 0.485 e. The number of hydrogen-bond acceptors (Lipinski definition) is 6. The lowest BCUT2D eigenvalue weighted by atomic mass is 10.2. The number of nitrogens with zero attached hydrogens (tertiary/aromatic N) is 3. The van der Waals surface area contributed by atoms with Gasteiger partial charge in [0.15, 0.2) is 16.6 Å². The van der Waals surface area contributed by atoms with Gasteiger partial charge in [-0.25, -0.2) is 4.98 Å². The summed E-state index contributed by atoms with van der Waals surface area (Å²) >= 11 is 1.54. The minimum absolute atomic E-state index is 0. The zero-order chi connectivity index (χ0) is 20.4. The first-order chi connectivity index (χ1) is 14.0. The van der Waals surface area contributed by atoms with Crippen LogP contribution in [0.15, 0.2) is 42.5 Å². The number of ether oxygens (including phenoxy) is 2. The zero-order valence-corrected chi connectivity index (χ0v) is 19.0. The monoisotopic (exact) mass is 447 g/mol. The van der Waals surface area contributed by atoms with Crippen molar-refractivity contribution >= 4 is 45.0 Å². The van der Waals surface area contributed by atoms with E-state index in [1.807, 2.05) is 50.5 Å². The van der Waals surface area contributed by atoms with E-state index in [2.05, 4.69) is 17.9 Å². The minimum Gasteiger partial charge on any atom is -0.485 e. The molecule has 6 nitrogen and oxygen atoms in total.